The molecular formula is C15H17N5OS. The Kier molecular flexibility index (Phi) is 4.24. The maximum absolute atomic E-state index is 5.52. The molecule has 2 heterocycles. The maximum Gasteiger partial charge on any atom is 0.226 e. The van der Waals surface area contributed by atoms with Crippen LogP contribution in [0.15, 0.2) is 34.1 Å². The second kappa shape index (κ2) is 6.31. The zero-order valence-corrected chi connectivity index (χ0v) is 13.6. The normalized spacial score (nSPS) is 11.0. The van der Waals surface area contributed by atoms with Crippen molar-refractivity contribution in [3.05, 3.63) is 47.4 Å². The van der Waals surface area contributed by atoms with Crippen LogP contribution in [0.5, 0.6) is 0 Å². The van der Waals surface area contributed by atoms with Gasteiger partial charge in [0.1, 0.15) is 6.33 Å². The number of rotatable bonds is 5. The van der Waals surface area contributed by atoms with Crippen molar-refractivity contribution in [3.8, 4) is 5.69 Å². The van der Waals surface area contributed by atoms with Crippen LogP contribution >= 0.6 is 11.8 Å². The van der Waals surface area contributed by atoms with Crippen molar-refractivity contribution in [2.24, 2.45) is 0 Å². The standard InChI is InChI=1S/C15H17N5OS/c1-4-13-17-18-14(21-13)8-22-15-19-16-9-20(15)12-6-5-10(2)7-11(12)3/h5-7,9H,4,8H2,1-3H3. The van der Waals surface area contributed by atoms with E-state index in [9.17, 15) is 0 Å². The SMILES string of the molecule is CCc1nnc(CSc2nncn2-c2ccc(C)cc2C)o1. The van der Waals surface area contributed by atoms with Crippen molar-refractivity contribution < 1.29 is 4.42 Å². The maximum atomic E-state index is 5.52. The van der Waals surface area contributed by atoms with Crippen molar-refractivity contribution in [1.82, 2.24) is 25.0 Å². The molecule has 6 nitrogen and oxygen atoms in total. The first-order valence-electron chi connectivity index (χ1n) is 7.09. The van der Waals surface area contributed by atoms with E-state index in [1.165, 1.54) is 22.9 Å². The van der Waals surface area contributed by atoms with Gasteiger partial charge in [-0.25, -0.2) is 0 Å². The average Bonchev–Trinajstić information content (AvgIpc) is 3.14. The highest BCUT2D eigenvalue weighted by atomic mass is 32.2. The second-order valence-corrected chi connectivity index (χ2v) is 5.95. The average molecular weight is 315 g/mol. The summed E-state index contributed by atoms with van der Waals surface area (Å²) >= 11 is 1.53. The van der Waals surface area contributed by atoms with Crippen LogP contribution in [-0.2, 0) is 12.2 Å². The first-order valence-corrected chi connectivity index (χ1v) is 8.07. The van der Waals surface area contributed by atoms with Crippen LogP contribution in [0.1, 0.15) is 29.8 Å². The van der Waals surface area contributed by atoms with Gasteiger partial charge in [0.15, 0.2) is 5.16 Å². The predicted octanol–water partition coefficient (Wildman–Crippen LogP) is 3.12. The van der Waals surface area contributed by atoms with Crippen LogP contribution in [0.25, 0.3) is 5.69 Å². The molecule has 0 spiro atoms. The number of thioether (sulfide) groups is 1. The monoisotopic (exact) mass is 315 g/mol. The fourth-order valence-electron chi connectivity index (χ4n) is 2.18. The van der Waals surface area contributed by atoms with Gasteiger partial charge in [-0.1, -0.05) is 36.4 Å². The van der Waals surface area contributed by atoms with Crippen molar-refractivity contribution in [2.75, 3.05) is 0 Å². The van der Waals surface area contributed by atoms with Gasteiger partial charge < -0.3 is 4.42 Å². The van der Waals surface area contributed by atoms with Gasteiger partial charge in [-0.15, -0.1) is 20.4 Å². The van der Waals surface area contributed by atoms with E-state index in [1.807, 2.05) is 11.5 Å². The molecule has 3 rings (SSSR count). The number of benzene rings is 1. The second-order valence-electron chi connectivity index (χ2n) is 5.01. The zero-order valence-electron chi connectivity index (χ0n) is 12.8. The molecule has 7 heteroatoms. The molecule has 0 atom stereocenters. The van der Waals surface area contributed by atoms with E-state index in [0.717, 1.165) is 17.3 Å². The molecule has 0 aliphatic heterocycles. The molecule has 0 N–H and O–H groups in total. The Morgan fingerprint density at radius 1 is 1.14 bits per heavy atom. The molecule has 0 saturated heterocycles. The molecule has 0 saturated carbocycles. The van der Waals surface area contributed by atoms with E-state index in [-0.39, 0.29) is 0 Å². The third kappa shape index (κ3) is 3.04. The largest absolute Gasteiger partial charge is 0.424 e. The summed E-state index contributed by atoms with van der Waals surface area (Å²) in [4.78, 5) is 0. The van der Waals surface area contributed by atoms with E-state index in [4.69, 9.17) is 4.42 Å². The minimum Gasteiger partial charge on any atom is -0.424 e. The number of hydrogen-bond acceptors (Lipinski definition) is 6. The first-order chi connectivity index (χ1) is 10.7. The Balaban J connectivity index is 1.80. The fourth-order valence-corrected chi connectivity index (χ4v) is 2.94. The Hall–Kier alpha value is -2.15. The summed E-state index contributed by atoms with van der Waals surface area (Å²) in [5.74, 6) is 1.85. The van der Waals surface area contributed by atoms with E-state index >= 15 is 0 Å². The molecule has 22 heavy (non-hydrogen) atoms. The summed E-state index contributed by atoms with van der Waals surface area (Å²) in [7, 11) is 0. The first kappa shape index (κ1) is 14.8. The predicted molar refractivity (Wildman–Crippen MR) is 84.1 cm³/mol. The van der Waals surface area contributed by atoms with Gasteiger partial charge in [-0.3, -0.25) is 4.57 Å². The molecule has 114 valence electrons. The van der Waals surface area contributed by atoms with E-state index in [1.54, 1.807) is 6.33 Å². The molecule has 0 unspecified atom stereocenters. The summed E-state index contributed by atoms with van der Waals surface area (Å²) in [5.41, 5.74) is 3.51. The summed E-state index contributed by atoms with van der Waals surface area (Å²) < 4.78 is 7.50. The van der Waals surface area contributed by atoms with Gasteiger partial charge in [0.25, 0.3) is 0 Å². The van der Waals surface area contributed by atoms with Gasteiger partial charge in [-0.05, 0) is 25.5 Å². The Labute approximate surface area is 133 Å². The van der Waals surface area contributed by atoms with Crippen LogP contribution in [-0.4, -0.2) is 25.0 Å². The van der Waals surface area contributed by atoms with Gasteiger partial charge >= 0.3 is 0 Å². The molecule has 0 aliphatic carbocycles. The lowest BCUT2D eigenvalue weighted by Crippen LogP contribution is -1.98. The molecule has 1 aromatic carbocycles. The number of aromatic nitrogens is 5. The van der Waals surface area contributed by atoms with E-state index in [0.29, 0.717) is 17.5 Å². The third-order valence-electron chi connectivity index (χ3n) is 3.26. The topological polar surface area (TPSA) is 69.6 Å². The van der Waals surface area contributed by atoms with Crippen LogP contribution < -0.4 is 0 Å². The minimum absolute atomic E-state index is 0.580. The Bertz CT molecular complexity index is 780. The molecule has 0 bridgehead atoms. The molecule has 2 aromatic heterocycles. The molecule has 0 amide bonds. The molecule has 0 radical (unpaired) electrons. The zero-order chi connectivity index (χ0) is 15.5. The van der Waals surface area contributed by atoms with Gasteiger partial charge in [0.2, 0.25) is 11.8 Å². The van der Waals surface area contributed by atoms with Crippen molar-refractivity contribution in [3.63, 3.8) is 0 Å². The molecule has 0 aliphatic rings. The number of aryl methyl sites for hydroxylation is 3. The lowest BCUT2D eigenvalue weighted by atomic mass is 10.1. The van der Waals surface area contributed by atoms with Crippen LogP contribution in [0.4, 0.5) is 0 Å². The summed E-state index contributed by atoms with van der Waals surface area (Å²) in [5, 5.41) is 17.0. The number of nitrogens with zero attached hydrogens (tertiary/aromatic N) is 5. The van der Waals surface area contributed by atoms with Gasteiger partial charge in [0, 0.05) is 6.42 Å². The van der Waals surface area contributed by atoms with Crippen molar-refractivity contribution in [2.45, 2.75) is 38.1 Å². The lowest BCUT2D eigenvalue weighted by molar-refractivity contribution is 0.470. The van der Waals surface area contributed by atoms with Gasteiger partial charge in [-0.2, -0.15) is 0 Å². The van der Waals surface area contributed by atoms with Gasteiger partial charge in [0.05, 0.1) is 11.4 Å². The highest BCUT2D eigenvalue weighted by Crippen LogP contribution is 2.25. The Morgan fingerprint density at radius 2 is 1.95 bits per heavy atom. The molecule has 3 aromatic rings. The smallest absolute Gasteiger partial charge is 0.226 e. The fraction of sp³-hybridized carbons (Fsp3) is 0.333. The molecule has 0 fully saturated rings. The highest BCUT2D eigenvalue weighted by Gasteiger charge is 2.12. The summed E-state index contributed by atoms with van der Waals surface area (Å²) in [6, 6.07) is 6.32. The minimum atomic E-state index is 0.580. The third-order valence-corrected chi connectivity index (χ3v) is 4.19. The van der Waals surface area contributed by atoms with E-state index < -0.39 is 0 Å². The van der Waals surface area contributed by atoms with Crippen molar-refractivity contribution >= 4 is 11.8 Å². The highest BCUT2D eigenvalue weighted by molar-refractivity contribution is 7.98. The van der Waals surface area contributed by atoms with Crippen LogP contribution in [0, 0.1) is 13.8 Å². The quantitative estimate of drug-likeness (QED) is 0.674. The number of hydrogen-bond donors (Lipinski definition) is 0. The summed E-state index contributed by atoms with van der Waals surface area (Å²) in [6.07, 6.45) is 2.47. The lowest BCUT2D eigenvalue weighted by Gasteiger charge is -2.09. The van der Waals surface area contributed by atoms with E-state index in [2.05, 4.69) is 52.4 Å². The molecular weight excluding hydrogens is 298 g/mol. The Morgan fingerprint density at radius 3 is 2.68 bits per heavy atom. The van der Waals surface area contributed by atoms with Crippen molar-refractivity contribution in [1.29, 1.82) is 0 Å². The summed E-state index contributed by atoms with van der Waals surface area (Å²) in [6.45, 7) is 6.16. The van der Waals surface area contributed by atoms with Crippen LogP contribution in [0.2, 0.25) is 0 Å². The van der Waals surface area contributed by atoms with Crippen LogP contribution in [0.3, 0.4) is 0 Å².